The number of nitro benzene ring substituents is 1. The molecule has 0 spiro atoms. The second kappa shape index (κ2) is 3.51. The van der Waals surface area contributed by atoms with E-state index >= 15 is 0 Å². The fourth-order valence-electron chi connectivity index (χ4n) is 0.936. The minimum absolute atomic E-state index is 0.182. The molecule has 14 heavy (non-hydrogen) atoms. The van der Waals surface area contributed by atoms with Crippen LogP contribution in [0.15, 0.2) is 12.1 Å². The summed E-state index contributed by atoms with van der Waals surface area (Å²) in [7, 11) is 0. The monoisotopic (exact) mass is 216 g/mol. The van der Waals surface area contributed by atoms with Gasteiger partial charge in [0.2, 0.25) is 0 Å². The second-order valence-corrected chi connectivity index (χ2v) is 2.87. The number of hydrogen-bond acceptors (Lipinski definition) is 4. The highest BCUT2D eigenvalue weighted by Crippen LogP contribution is 2.31. The van der Waals surface area contributed by atoms with E-state index in [9.17, 15) is 14.9 Å². The molecule has 0 aliphatic rings. The summed E-state index contributed by atoms with van der Waals surface area (Å²) >= 11 is 5.49. The Bertz CT molecular complexity index is 395. The number of anilines is 1. The molecule has 3 N–H and O–H groups in total. The molecular formula is C7H5ClN2O4. The van der Waals surface area contributed by atoms with Crippen LogP contribution in [-0.4, -0.2) is 16.0 Å². The van der Waals surface area contributed by atoms with Gasteiger partial charge in [-0.1, -0.05) is 11.6 Å². The third-order valence-corrected chi connectivity index (χ3v) is 1.81. The molecule has 1 aromatic rings. The van der Waals surface area contributed by atoms with E-state index in [1.807, 2.05) is 0 Å². The van der Waals surface area contributed by atoms with Crippen molar-refractivity contribution in [2.24, 2.45) is 0 Å². The van der Waals surface area contributed by atoms with Crippen LogP contribution in [0.3, 0.4) is 0 Å². The van der Waals surface area contributed by atoms with Gasteiger partial charge in [0.1, 0.15) is 10.7 Å². The van der Waals surface area contributed by atoms with E-state index in [-0.39, 0.29) is 16.3 Å². The van der Waals surface area contributed by atoms with E-state index in [0.717, 1.165) is 12.1 Å². The van der Waals surface area contributed by atoms with Crippen LogP contribution in [0.5, 0.6) is 0 Å². The molecule has 0 aliphatic carbocycles. The number of carboxylic acid groups (broad SMARTS) is 1. The number of hydrogen-bond donors (Lipinski definition) is 2. The van der Waals surface area contributed by atoms with Crippen LogP contribution in [-0.2, 0) is 0 Å². The van der Waals surface area contributed by atoms with Gasteiger partial charge >= 0.3 is 11.7 Å². The Morgan fingerprint density at radius 3 is 2.50 bits per heavy atom. The maximum absolute atomic E-state index is 10.5. The highest BCUT2D eigenvalue weighted by Gasteiger charge is 2.19. The summed E-state index contributed by atoms with van der Waals surface area (Å²) in [5.74, 6) is -1.24. The lowest BCUT2D eigenvalue weighted by Crippen LogP contribution is -2.02. The predicted molar refractivity (Wildman–Crippen MR) is 49.5 cm³/mol. The standard InChI is InChI=1S/C7H5ClN2O4/c8-4-1-3(7(11)12)2-5(9)6(4)10(13)14/h1-2H,9H2,(H,11,12). The molecule has 0 aliphatic heterocycles. The van der Waals surface area contributed by atoms with Gasteiger partial charge in [0.15, 0.2) is 0 Å². The van der Waals surface area contributed by atoms with Crippen molar-refractivity contribution in [3.05, 3.63) is 32.8 Å². The average Bonchev–Trinajstić information content (AvgIpc) is 2.01. The van der Waals surface area contributed by atoms with Crippen molar-refractivity contribution >= 4 is 28.9 Å². The zero-order valence-electron chi connectivity index (χ0n) is 6.73. The van der Waals surface area contributed by atoms with Crippen LogP contribution in [0.1, 0.15) is 10.4 Å². The summed E-state index contributed by atoms with van der Waals surface area (Å²) in [4.78, 5) is 20.2. The van der Waals surface area contributed by atoms with E-state index in [4.69, 9.17) is 22.4 Å². The van der Waals surface area contributed by atoms with Crippen LogP contribution in [0.4, 0.5) is 11.4 Å². The number of nitro groups is 1. The fourth-order valence-corrected chi connectivity index (χ4v) is 1.23. The van der Waals surface area contributed by atoms with Crippen molar-refractivity contribution in [3.63, 3.8) is 0 Å². The Balaban J connectivity index is 3.39. The van der Waals surface area contributed by atoms with Crippen molar-refractivity contribution in [3.8, 4) is 0 Å². The highest BCUT2D eigenvalue weighted by atomic mass is 35.5. The van der Waals surface area contributed by atoms with Gasteiger partial charge in [-0.15, -0.1) is 0 Å². The minimum atomic E-state index is -1.24. The molecule has 0 aromatic heterocycles. The lowest BCUT2D eigenvalue weighted by Gasteiger charge is -2.01. The molecule has 0 radical (unpaired) electrons. The van der Waals surface area contributed by atoms with Crippen molar-refractivity contribution in [2.75, 3.05) is 5.73 Å². The summed E-state index contributed by atoms with van der Waals surface area (Å²) in [6, 6.07) is 1.98. The van der Waals surface area contributed by atoms with Gasteiger partial charge < -0.3 is 10.8 Å². The molecule has 0 fully saturated rings. The Hall–Kier alpha value is -1.82. The average molecular weight is 217 g/mol. The smallest absolute Gasteiger partial charge is 0.335 e. The molecule has 0 saturated heterocycles. The van der Waals surface area contributed by atoms with Crippen LogP contribution in [0.25, 0.3) is 0 Å². The quantitative estimate of drug-likeness (QED) is 0.443. The molecule has 0 amide bonds. The lowest BCUT2D eigenvalue weighted by molar-refractivity contribution is -0.383. The fraction of sp³-hybridized carbons (Fsp3) is 0. The first-order valence-corrected chi connectivity index (χ1v) is 3.78. The number of carboxylic acids is 1. The Kier molecular flexibility index (Phi) is 2.57. The predicted octanol–water partition coefficient (Wildman–Crippen LogP) is 1.53. The van der Waals surface area contributed by atoms with Gasteiger partial charge in [-0.2, -0.15) is 0 Å². The van der Waals surface area contributed by atoms with Gasteiger partial charge in [0.05, 0.1) is 10.5 Å². The molecule has 6 nitrogen and oxygen atoms in total. The number of rotatable bonds is 2. The number of carbonyl (C=O) groups is 1. The number of aromatic carboxylic acids is 1. The maximum Gasteiger partial charge on any atom is 0.335 e. The Morgan fingerprint density at radius 1 is 1.57 bits per heavy atom. The van der Waals surface area contributed by atoms with Gasteiger partial charge in [-0.05, 0) is 12.1 Å². The molecule has 7 heteroatoms. The molecule has 0 saturated carbocycles. The Labute approximate surface area is 83.0 Å². The highest BCUT2D eigenvalue weighted by molar-refractivity contribution is 6.33. The largest absolute Gasteiger partial charge is 0.478 e. The summed E-state index contributed by atoms with van der Waals surface area (Å²) in [5, 5.41) is 18.7. The van der Waals surface area contributed by atoms with Crippen LogP contribution >= 0.6 is 11.6 Å². The third kappa shape index (κ3) is 1.74. The molecule has 1 rings (SSSR count). The van der Waals surface area contributed by atoms with Crippen molar-refractivity contribution in [1.29, 1.82) is 0 Å². The zero-order valence-corrected chi connectivity index (χ0v) is 7.49. The number of nitrogen functional groups attached to an aromatic ring is 1. The normalized spacial score (nSPS) is 9.79. The summed E-state index contributed by atoms with van der Waals surface area (Å²) in [5.41, 5.74) is 4.35. The van der Waals surface area contributed by atoms with Crippen LogP contribution < -0.4 is 5.73 Å². The first-order chi connectivity index (χ1) is 6.43. The Morgan fingerprint density at radius 2 is 2.14 bits per heavy atom. The third-order valence-electron chi connectivity index (χ3n) is 1.52. The lowest BCUT2D eigenvalue weighted by atomic mass is 10.2. The zero-order chi connectivity index (χ0) is 10.9. The van der Waals surface area contributed by atoms with Gasteiger partial charge in [-0.25, -0.2) is 4.79 Å². The summed E-state index contributed by atoms with van der Waals surface area (Å²) in [6.07, 6.45) is 0. The molecule has 0 unspecified atom stereocenters. The van der Waals surface area contributed by atoms with Crippen molar-refractivity contribution < 1.29 is 14.8 Å². The number of benzene rings is 1. The van der Waals surface area contributed by atoms with Gasteiger partial charge in [0, 0.05) is 0 Å². The van der Waals surface area contributed by atoms with E-state index in [1.54, 1.807) is 0 Å². The molecule has 1 aromatic carbocycles. The maximum atomic E-state index is 10.5. The van der Waals surface area contributed by atoms with E-state index in [2.05, 4.69) is 0 Å². The number of halogens is 1. The summed E-state index contributed by atoms with van der Waals surface area (Å²) in [6.45, 7) is 0. The van der Waals surface area contributed by atoms with E-state index in [0.29, 0.717) is 0 Å². The van der Waals surface area contributed by atoms with E-state index < -0.39 is 16.6 Å². The molecule has 74 valence electrons. The molecular weight excluding hydrogens is 212 g/mol. The second-order valence-electron chi connectivity index (χ2n) is 2.46. The van der Waals surface area contributed by atoms with Crippen molar-refractivity contribution in [2.45, 2.75) is 0 Å². The van der Waals surface area contributed by atoms with Crippen LogP contribution in [0.2, 0.25) is 5.02 Å². The molecule has 0 atom stereocenters. The minimum Gasteiger partial charge on any atom is -0.478 e. The topological polar surface area (TPSA) is 106 Å². The number of nitrogens with two attached hydrogens (primary N) is 1. The van der Waals surface area contributed by atoms with E-state index in [1.165, 1.54) is 0 Å². The molecule has 0 bridgehead atoms. The number of nitrogens with zero attached hydrogens (tertiary/aromatic N) is 1. The molecule has 0 heterocycles. The first kappa shape index (κ1) is 10.3. The first-order valence-electron chi connectivity index (χ1n) is 3.40. The van der Waals surface area contributed by atoms with Gasteiger partial charge in [0.25, 0.3) is 0 Å². The summed E-state index contributed by atoms with van der Waals surface area (Å²) < 4.78 is 0. The van der Waals surface area contributed by atoms with Gasteiger partial charge in [-0.3, -0.25) is 10.1 Å². The SMILES string of the molecule is Nc1cc(C(=O)O)cc(Cl)c1[N+](=O)[O-]. The van der Waals surface area contributed by atoms with Crippen LogP contribution in [0, 0.1) is 10.1 Å². The van der Waals surface area contributed by atoms with Crippen molar-refractivity contribution in [1.82, 2.24) is 0 Å².